The fraction of sp³-hybridized carbons (Fsp3) is 0.519. The lowest BCUT2D eigenvalue weighted by Crippen LogP contribution is -2.49. The largest absolute Gasteiger partial charge is 0.388 e. The Kier molecular flexibility index (Phi) is 8.83. The van der Waals surface area contributed by atoms with Crippen LogP contribution in [-0.4, -0.2) is 75.2 Å². The molecule has 2 aliphatic heterocycles. The SMILES string of the molecule is C#C[C@H](CC(=O)N1CCC(O)(Cn2cnc(NCCN3CCCC3)c(Br)c2=O)CC1)c1ccccc1. The second-order valence-corrected chi connectivity index (χ2v) is 10.5. The molecule has 2 aromatic rings. The second-order valence-electron chi connectivity index (χ2n) is 9.75. The summed E-state index contributed by atoms with van der Waals surface area (Å²) in [6.45, 7) is 4.84. The first-order valence-electron chi connectivity index (χ1n) is 12.6. The van der Waals surface area contributed by atoms with Gasteiger partial charge in [-0.1, -0.05) is 36.3 Å². The van der Waals surface area contributed by atoms with Crippen LogP contribution in [0.3, 0.4) is 0 Å². The van der Waals surface area contributed by atoms with E-state index in [4.69, 9.17) is 6.42 Å². The van der Waals surface area contributed by atoms with Crippen LogP contribution in [0.4, 0.5) is 5.82 Å². The fourth-order valence-electron chi connectivity index (χ4n) is 4.95. The number of likely N-dealkylation sites (tertiary alicyclic amines) is 2. The number of hydrogen-bond acceptors (Lipinski definition) is 6. The van der Waals surface area contributed by atoms with Gasteiger partial charge in [0.2, 0.25) is 5.91 Å². The highest BCUT2D eigenvalue weighted by atomic mass is 79.9. The number of carbonyl (C=O) groups excluding carboxylic acids is 1. The zero-order valence-electron chi connectivity index (χ0n) is 20.5. The summed E-state index contributed by atoms with van der Waals surface area (Å²) in [5.41, 5.74) is -0.370. The van der Waals surface area contributed by atoms with Crippen LogP contribution in [0.1, 0.15) is 43.6 Å². The molecule has 2 aliphatic rings. The van der Waals surface area contributed by atoms with Gasteiger partial charge in [-0.2, -0.15) is 0 Å². The minimum atomic E-state index is -1.09. The molecule has 8 nitrogen and oxygen atoms in total. The summed E-state index contributed by atoms with van der Waals surface area (Å²) in [4.78, 5) is 34.4. The van der Waals surface area contributed by atoms with Crippen molar-refractivity contribution >= 4 is 27.7 Å². The maximum absolute atomic E-state index is 12.9. The highest BCUT2D eigenvalue weighted by molar-refractivity contribution is 9.10. The number of amides is 1. The van der Waals surface area contributed by atoms with Crippen molar-refractivity contribution in [3.05, 3.63) is 57.0 Å². The molecule has 0 bridgehead atoms. The number of rotatable bonds is 9. The molecule has 0 unspecified atom stereocenters. The number of halogens is 1. The molecule has 2 N–H and O–H groups in total. The second kappa shape index (κ2) is 12.0. The van der Waals surface area contributed by atoms with E-state index >= 15 is 0 Å². The molecule has 0 spiro atoms. The Balaban J connectivity index is 1.30. The molecule has 1 aromatic heterocycles. The van der Waals surface area contributed by atoms with E-state index in [0.29, 0.717) is 42.8 Å². The zero-order valence-corrected chi connectivity index (χ0v) is 22.1. The van der Waals surface area contributed by atoms with Gasteiger partial charge in [-0.25, -0.2) is 4.98 Å². The summed E-state index contributed by atoms with van der Waals surface area (Å²) in [6.07, 6.45) is 10.7. The molecule has 2 fully saturated rings. The van der Waals surface area contributed by atoms with Crippen LogP contribution >= 0.6 is 15.9 Å². The molecule has 1 aromatic carbocycles. The average molecular weight is 557 g/mol. The van der Waals surface area contributed by atoms with E-state index in [2.05, 4.69) is 37.1 Å². The highest BCUT2D eigenvalue weighted by Gasteiger charge is 2.35. The van der Waals surface area contributed by atoms with Crippen molar-refractivity contribution in [2.45, 2.75) is 50.2 Å². The number of anilines is 1. The van der Waals surface area contributed by atoms with Gasteiger partial charge >= 0.3 is 0 Å². The third-order valence-electron chi connectivity index (χ3n) is 7.20. The minimum Gasteiger partial charge on any atom is -0.388 e. The molecule has 0 radical (unpaired) electrons. The van der Waals surface area contributed by atoms with Crippen molar-refractivity contribution in [2.24, 2.45) is 0 Å². The Hall–Kier alpha value is -2.67. The van der Waals surface area contributed by atoms with Crippen molar-refractivity contribution in [2.75, 3.05) is 44.6 Å². The van der Waals surface area contributed by atoms with E-state index in [1.807, 2.05) is 30.3 Å². The first-order chi connectivity index (χ1) is 17.4. The monoisotopic (exact) mass is 555 g/mol. The number of benzene rings is 1. The normalized spacial score (nSPS) is 18.5. The predicted molar refractivity (Wildman–Crippen MR) is 144 cm³/mol. The maximum atomic E-state index is 12.9. The first-order valence-corrected chi connectivity index (χ1v) is 13.4. The zero-order chi connectivity index (χ0) is 25.5. The molecule has 36 heavy (non-hydrogen) atoms. The molecule has 2 saturated heterocycles. The van der Waals surface area contributed by atoms with E-state index in [1.165, 1.54) is 23.7 Å². The van der Waals surface area contributed by atoms with Gasteiger partial charge in [0.1, 0.15) is 16.6 Å². The molecule has 1 amide bonds. The lowest BCUT2D eigenvalue weighted by atomic mass is 9.90. The van der Waals surface area contributed by atoms with E-state index < -0.39 is 5.60 Å². The van der Waals surface area contributed by atoms with Crippen molar-refractivity contribution in [1.82, 2.24) is 19.4 Å². The van der Waals surface area contributed by atoms with Crippen LogP contribution in [0.2, 0.25) is 0 Å². The number of nitrogens with one attached hydrogen (secondary N) is 1. The Bertz CT molecular complexity index is 1130. The maximum Gasteiger partial charge on any atom is 0.269 e. The van der Waals surface area contributed by atoms with Crippen LogP contribution in [0.15, 0.2) is 45.9 Å². The highest BCUT2D eigenvalue weighted by Crippen LogP contribution is 2.27. The summed E-state index contributed by atoms with van der Waals surface area (Å²) >= 11 is 3.38. The Morgan fingerprint density at radius 2 is 1.89 bits per heavy atom. The van der Waals surface area contributed by atoms with Gasteiger partial charge in [0.25, 0.3) is 5.56 Å². The van der Waals surface area contributed by atoms with E-state index in [0.717, 1.165) is 25.2 Å². The molecule has 9 heteroatoms. The van der Waals surface area contributed by atoms with Gasteiger partial charge in [-0.05, 0) is 60.3 Å². The van der Waals surface area contributed by atoms with Gasteiger partial charge in [0.15, 0.2) is 0 Å². The average Bonchev–Trinajstić information content (AvgIpc) is 3.41. The van der Waals surface area contributed by atoms with E-state index in [9.17, 15) is 14.7 Å². The van der Waals surface area contributed by atoms with Crippen LogP contribution in [0.5, 0.6) is 0 Å². The Labute approximate surface area is 220 Å². The smallest absolute Gasteiger partial charge is 0.269 e. The topological polar surface area (TPSA) is 90.7 Å². The fourth-order valence-corrected chi connectivity index (χ4v) is 5.42. The first kappa shape index (κ1) is 26.4. The molecule has 3 heterocycles. The van der Waals surface area contributed by atoms with Crippen molar-refractivity contribution in [1.29, 1.82) is 0 Å². The molecule has 192 valence electrons. The van der Waals surface area contributed by atoms with Crippen LogP contribution in [-0.2, 0) is 11.3 Å². The third-order valence-corrected chi connectivity index (χ3v) is 7.91. The van der Waals surface area contributed by atoms with Gasteiger partial charge in [-0.15, -0.1) is 6.42 Å². The predicted octanol–water partition coefficient (Wildman–Crippen LogP) is 2.67. The molecular formula is C27H34BrN5O3. The summed E-state index contributed by atoms with van der Waals surface area (Å²) in [5.74, 6) is 2.95. The number of aliphatic hydroxyl groups is 1. The van der Waals surface area contributed by atoms with Crippen LogP contribution in [0.25, 0.3) is 0 Å². The number of terminal acetylenes is 1. The number of nitrogens with zero attached hydrogens (tertiary/aromatic N) is 4. The molecule has 4 rings (SSSR count). The van der Waals surface area contributed by atoms with E-state index in [1.54, 1.807) is 4.90 Å². The van der Waals surface area contributed by atoms with E-state index in [-0.39, 0.29) is 30.3 Å². The quantitative estimate of drug-likeness (QED) is 0.462. The summed E-state index contributed by atoms with van der Waals surface area (Å²) in [5, 5.41) is 14.4. The van der Waals surface area contributed by atoms with Crippen molar-refractivity contribution in [3.63, 3.8) is 0 Å². The number of hydrogen-bond donors (Lipinski definition) is 2. The standard InChI is InChI=1S/C27H34BrN5O3/c1-2-21(22-8-4-3-5-9-22)18-23(34)32-15-10-27(36,11-16-32)19-33-20-30-25(24(28)26(33)35)29-12-17-31-13-6-7-14-31/h1,3-5,8-9,20-21,29,36H,6-7,10-19H2/t21-/m1/s1. The molecule has 1 atom stereocenters. The van der Waals surface area contributed by atoms with Gasteiger partial charge < -0.3 is 20.2 Å². The number of carbonyl (C=O) groups is 1. The number of aromatic nitrogens is 2. The van der Waals surface area contributed by atoms with Gasteiger partial charge in [0.05, 0.1) is 18.1 Å². The molecule has 0 saturated carbocycles. The summed E-state index contributed by atoms with van der Waals surface area (Å²) in [6, 6.07) is 9.62. The third kappa shape index (κ3) is 6.55. The molecular weight excluding hydrogens is 522 g/mol. The lowest BCUT2D eigenvalue weighted by Gasteiger charge is -2.38. The van der Waals surface area contributed by atoms with Gasteiger partial charge in [0, 0.05) is 32.6 Å². The Morgan fingerprint density at radius 1 is 1.19 bits per heavy atom. The molecule has 0 aliphatic carbocycles. The van der Waals surface area contributed by atoms with Crippen LogP contribution in [0, 0.1) is 12.3 Å². The Morgan fingerprint density at radius 3 is 2.56 bits per heavy atom. The van der Waals surface area contributed by atoms with Crippen LogP contribution < -0.4 is 10.9 Å². The lowest BCUT2D eigenvalue weighted by molar-refractivity contribution is -0.136. The van der Waals surface area contributed by atoms with Crippen molar-refractivity contribution < 1.29 is 9.90 Å². The summed E-state index contributed by atoms with van der Waals surface area (Å²) in [7, 11) is 0. The van der Waals surface area contributed by atoms with Crippen molar-refractivity contribution in [3.8, 4) is 12.3 Å². The minimum absolute atomic E-state index is 0.0187. The number of piperidine rings is 1. The van der Waals surface area contributed by atoms with Gasteiger partial charge in [-0.3, -0.25) is 14.2 Å². The summed E-state index contributed by atoms with van der Waals surface area (Å²) < 4.78 is 1.81.